The number of nitrogens with one attached hydrogen (secondary N) is 3. The van der Waals surface area contributed by atoms with Crippen molar-refractivity contribution >= 4 is 11.5 Å². The summed E-state index contributed by atoms with van der Waals surface area (Å²) in [6.45, 7) is 4.79. The number of anilines is 2. The zero-order valence-corrected chi connectivity index (χ0v) is 18.1. The summed E-state index contributed by atoms with van der Waals surface area (Å²) in [7, 11) is 0. The van der Waals surface area contributed by atoms with Crippen LogP contribution in [-0.4, -0.2) is 47.3 Å². The molecule has 0 radical (unpaired) electrons. The largest absolute Gasteiger partial charge is 0.369 e. The molecule has 2 aromatic rings. The summed E-state index contributed by atoms with van der Waals surface area (Å²) in [5.41, 5.74) is 4.70. The maximum Gasteiger partial charge on any atom is 0.244 e. The molecule has 1 fully saturated rings. The number of nitrogens with zero attached hydrogens (tertiary/aromatic N) is 4. The fraction of sp³-hybridized carbons (Fsp3) is 0.240. The van der Waals surface area contributed by atoms with Gasteiger partial charge in [-0.15, -0.1) is 0 Å². The van der Waals surface area contributed by atoms with Gasteiger partial charge in [0.1, 0.15) is 17.5 Å². The maximum atomic E-state index is 15.2. The molecule has 0 atom stereocenters. The highest BCUT2D eigenvalue weighted by atomic mass is 19.1. The van der Waals surface area contributed by atoms with Crippen LogP contribution in [0.15, 0.2) is 54.6 Å². The highest BCUT2D eigenvalue weighted by Gasteiger charge is 2.25. The third-order valence-corrected chi connectivity index (χ3v) is 6.39. The van der Waals surface area contributed by atoms with Gasteiger partial charge >= 0.3 is 0 Å². The van der Waals surface area contributed by atoms with Crippen molar-refractivity contribution in [2.45, 2.75) is 6.54 Å². The molecular weight excluding hydrogens is 417 g/mol. The van der Waals surface area contributed by atoms with E-state index in [1.807, 2.05) is 30.3 Å². The SMILES string of the molecule is N=c1nc(-c2ccc(N3CCNCC3)c(F)c2)c2cc(-c3ccccc3)c3n(c-2n1)CCN3. The van der Waals surface area contributed by atoms with E-state index >= 15 is 4.39 Å². The molecule has 4 aliphatic rings. The van der Waals surface area contributed by atoms with E-state index in [4.69, 9.17) is 5.41 Å². The van der Waals surface area contributed by atoms with E-state index in [0.717, 1.165) is 61.8 Å². The molecule has 6 rings (SSSR count). The zero-order chi connectivity index (χ0) is 22.4. The summed E-state index contributed by atoms with van der Waals surface area (Å²) in [6.07, 6.45) is 0. The Hall–Kier alpha value is -3.78. The second-order valence-corrected chi connectivity index (χ2v) is 8.39. The van der Waals surface area contributed by atoms with E-state index in [1.54, 1.807) is 0 Å². The van der Waals surface area contributed by atoms with Crippen LogP contribution >= 0.6 is 0 Å². The summed E-state index contributed by atoms with van der Waals surface area (Å²) in [5.74, 6) is 1.40. The van der Waals surface area contributed by atoms with Crippen LogP contribution < -0.4 is 21.2 Å². The Labute approximate surface area is 190 Å². The van der Waals surface area contributed by atoms with Gasteiger partial charge in [0, 0.05) is 56.0 Å². The molecule has 4 aliphatic heterocycles. The fourth-order valence-electron chi connectivity index (χ4n) is 4.83. The Bertz CT molecular complexity index is 1360. The molecule has 0 saturated carbocycles. The number of fused-ring (bicyclic) bond motifs is 3. The van der Waals surface area contributed by atoms with Crippen molar-refractivity contribution in [3.63, 3.8) is 0 Å². The first-order valence-corrected chi connectivity index (χ1v) is 11.2. The highest BCUT2D eigenvalue weighted by molar-refractivity contribution is 5.88. The summed E-state index contributed by atoms with van der Waals surface area (Å²) in [5, 5.41) is 15.0. The Morgan fingerprint density at radius 2 is 1.67 bits per heavy atom. The molecule has 7 nitrogen and oxygen atoms in total. The van der Waals surface area contributed by atoms with E-state index in [9.17, 15) is 0 Å². The molecule has 0 spiro atoms. The molecule has 166 valence electrons. The summed E-state index contributed by atoms with van der Waals surface area (Å²) >= 11 is 0. The van der Waals surface area contributed by atoms with Crippen LogP contribution in [-0.2, 0) is 6.54 Å². The Morgan fingerprint density at radius 1 is 0.848 bits per heavy atom. The molecule has 1 saturated heterocycles. The summed E-state index contributed by atoms with van der Waals surface area (Å²) in [4.78, 5) is 11.0. The van der Waals surface area contributed by atoms with Crippen LogP contribution in [0.25, 0.3) is 33.8 Å². The summed E-state index contributed by atoms with van der Waals surface area (Å²) < 4.78 is 17.3. The predicted octanol–water partition coefficient (Wildman–Crippen LogP) is 3.17. The standard InChI is InChI=1S/C25H24FN7/c26-20-14-17(6-7-21(20)32-11-8-28-9-12-32)22-19-15-18(16-4-2-1-3-5-16)23-29-10-13-33(23)24(19)31-25(27)30-22/h1-7,14-15,27-29H,8-13H2. The third kappa shape index (κ3) is 3.43. The number of piperazine rings is 1. The van der Waals surface area contributed by atoms with Crippen molar-refractivity contribution in [3.8, 4) is 33.8 Å². The minimum atomic E-state index is -0.272. The predicted molar refractivity (Wildman–Crippen MR) is 127 cm³/mol. The molecule has 0 amide bonds. The van der Waals surface area contributed by atoms with Crippen molar-refractivity contribution in [1.82, 2.24) is 19.9 Å². The second-order valence-electron chi connectivity index (χ2n) is 8.39. The average molecular weight is 442 g/mol. The van der Waals surface area contributed by atoms with E-state index < -0.39 is 0 Å². The van der Waals surface area contributed by atoms with E-state index in [1.165, 1.54) is 6.07 Å². The highest BCUT2D eigenvalue weighted by Crippen LogP contribution is 2.40. The van der Waals surface area contributed by atoms with Crippen LogP contribution in [0.5, 0.6) is 0 Å². The number of hydrogen-bond donors (Lipinski definition) is 3. The number of benzene rings is 2. The van der Waals surface area contributed by atoms with Gasteiger partial charge in [0.15, 0.2) is 0 Å². The monoisotopic (exact) mass is 441 g/mol. The van der Waals surface area contributed by atoms with Crippen molar-refractivity contribution in [3.05, 3.63) is 66.0 Å². The van der Waals surface area contributed by atoms with Crippen LogP contribution in [0, 0.1) is 11.2 Å². The first kappa shape index (κ1) is 19.9. The average Bonchev–Trinajstić information content (AvgIpc) is 3.35. The smallest absolute Gasteiger partial charge is 0.244 e. The van der Waals surface area contributed by atoms with Gasteiger partial charge in [0.25, 0.3) is 0 Å². The lowest BCUT2D eigenvalue weighted by Gasteiger charge is -2.29. The lowest BCUT2D eigenvalue weighted by molar-refractivity contribution is 0.566. The van der Waals surface area contributed by atoms with Crippen molar-refractivity contribution < 1.29 is 4.39 Å². The van der Waals surface area contributed by atoms with Gasteiger partial charge in [0.2, 0.25) is 5.62 Å². The maximum absolute atomic E-state index is 15.2. The molecule has 8 heteroatoms. The molecule has 4 heterocycles. The van der Waals surface area contributed by atoms with Gasteiger partial charge in [-0.3, -0.25) is 5.41 Å². The lowest BCUT2D eigenvalue weighted by Crippen LogP contribution is -2.43. The van der Waals surface area contributed by atoms with Gasteiger partial charge in [0.05, 0.1) is 11.4 Å². The minimum Gasteiger partial charge on any atom is -0.369 e. The third-order valence-electron chi connectivity index (χ3n) is 6.39. The van der Waals surface area contributed by atoms with Crippen LogP contribution in [0.1, 0.15) is 0 Å². The number of hydrogen-bond acceptors (Lipinski definition) is 6. The normalized spacial score (nSPS) is 15.5. The van der Waals surface area contributed by atoms with E-state index in [0.29, 0.717) is 22.8 Å². The van der Waals surface area contributed by atoms with Gasteiger partial charge in [-0.25, -0.2) is 9.37 Å². The Balaban J connectivity index is 1.53. The topological polar surface area (TPSA) is 81.9 Å². The molecule has 0 unspecified atom stereocenters. The van der Waals surface area contributed by atoms with Crippen molar-refractivity contribution in [2.24, 2.45) is 0 Å². The number of halogens is 1. The Morgan fingerprint density at radius 3 is 2.45 bits per heavy atom. The number of pyridine rings is 1. The zero-order valence-electron chi connectivity index (χ0n) is 18.1. The quantitative estimate of drug-likeness (QED) is 0.455. The molecular formula is C25H24FN7. The van der Waals surface area contributed by atoms with E-state index in [2.05, 4.69) is 48.3 Å². The number of rotatable bonds is 3. The molecule has 0 bridgehead atoms. The molecule has 0 aromatic heterocycles. The second kappa shape index (κ2) is 7.97. The van der Waals surface area contributed by atoms with Gasteiger partial charge in [-0.2, -0.15) is 4.98 Å². The van der Waals surface area contributed by atoms with Gasteiger partial charge < -0.3 is 20.1 Å². The van der Waals surface area contributed by atoms with Crippen LogP contribution in [0.3, 0.4) is 0 Å². The molecule has 0 aliphatic carbocycles. The molecule has 2 aromatic carbocycles. The van der Waals surface area contributed by atoms with Crippen molar-refractivity contribution in [1.29, 1.82) is 5.41 Å². The summed E-state index contributed by atoms with van der Waals surface area (Å²) in [6, 6.07) is 17.5. The first-order valence-electron chi connectivity index (χ1n) is 11.2. The van der Waals surface area contributed by atoms with Crippen molar-refractivity contribution in [2.75, 3.05) is 42.9 Å². The number of aromatic nitrogens is 3. The molecule has 3 N–H and O–H groups in total. The molecule has 33 heavy (non-hydrogen) atoms. The van der Waals surface area contributed by atoms with E-state index in [-0.39, 0.29) is 11.4 Å². The van der Waals surface area contributed by atoms with Gasteiger partial charge in [-0.05, 0) is 23.8 Å². The van der Waals surface area contributed by atoms with Crippen LogP contribution in [0.4, 0.5) is 15.9 Å². The van der Waals surface area contributed by atoms with Crippen LogP contribution in [0.2, 0.25) is 0 Å². The lowest BCUT2D eigenvalue weighted by atomic mass is 9.98. The Kier molecular flexibility index (Phi) is 4.80. The fourth-order valence-corrected chi connectivity index (χ4v) is 4.83. The van der Waals surface area contributed by atoms with Gasteiger partial charge in [-0.1, -0.05) is 36.4 Å². The minimum absolute atomic E-state index is 0.0712. The first-order chi connectivity index (χ1) is 16.2.